The first-order valence-corrected chi connectivity index (χ1v) is 10.7. The Balaban J connectivity index is 2.04. The zero-order valence-electron chi connectivity index (χ0n) is 16.5. The number of para-hydroxylation sites is 1. The molecular formula is C22H18ClIN2O5. The van der Waals surface area contributed by atoms with Gasteiger partial charge in [-0.3, -0.25) is 14.9 Å². The molecule has 2 aromatic carbocycles. The smallest absolute Gasteiger partial charge is 0.335 e. The number of urea groups is 1. The van der Waals surface area contributed by atoms with Gasteiger partial charge in [-0.25, -0.2) is 9.69 Å². The first-order valence-electron chi connectivity index (χ1n) is 9.23. The highest BCUT2D eigenvalue weighted by molar-refractivity contribution is 14.1. The van der Waals surface area contributed by atoms with E-state index in [-0.39, 0.29) is 16.3 Å². The molecule has 7 nitrogen and oxygen atoms in total. The van der Waals surface area contributed by atoms with Crippen molar-refractivity contribution in [1.82, 2.24) is 5.32 Å². The highest BCUT2D eigenvalue weighted by Gasteiger charge is 2.37. The van der Waals surface area contributed by atoms with Gasteiger partial charge >= 0.3 is 6.03 Å². The van der Waals surface area contributed by atoms with Crippen molar-refractivity contribution < 1.29 is 23.9 Å². The number of halogens is 2. The van der Waals surface area contributed by atoms with Crippen LogP contribution in [0.2, 0.25) is 5.02 Å². The fourth-order valence-corrected chi connectivity index (χ4v) is 3.89. The van der Waals surface area contributed by atoms with Gasteiger partial charge in [0.25, 0.3) is 11.8 Å². The quantitative estimate of drug-likeness (QED) is 0.235. The van der Waals surface area contributed by atoms with Gasteiger partial charge in [-0.1, -0.05) is 36.4 Å². The number of anilines is 1. The van der Waals surface area contributed by atoms with Gasteiger partial charge in [-0.05, 0) is 65.4 Å². The van der Waals surface area contributed by atoms with E-state index >= 15 is 0 Å². The number of hydrogen-bond donors (Lipinski definition) is 1. The number of barbiturate groups is 1. The Kier molecular flexibility index (Phi) is 7.34. The van der Waals surface area contributed by atoms with Crippen LogP contribution in [-0.4, -0.2) is 31.1 Å². The lowest BCUT2D eigenvalue weighted by atomic mass is 10.1. The van der Waals surface area contributed by atoms with Crippen molar-refractivity contribution in [2.45, 2.75) is 6.92 Å². The summed E-state index contributed by atoms with van der Waals surface area (Å²) in [6.07, 6.45) is 3.02. The van der Waals surface area contributed by atoms with E-state index in [4.69, 9.17) is 21.1 Å². The maximum absolute atomic E-state index is 13.1. The molecule has 9 heteroatoms. The highest BCUT2D eigenvalue weighted by atomic mass is 127. The lowest BCUT2D eigenvalue weighted by molar-refractivity contribution is -0.122. The van der Waals surface area contributed by atoms with E-state index < -0.39 is 17.8 Å². The second-order valence-corrected chi connectivity index (χ2v) is 7.84. The first-order chi connectivity index (χ1) is 14.9. The predicted octanol–water partition coefficient (Wildman–Crippen LogP) is 4.57. The van der Waals surface area contributed by atoms with Gasteiger partial charge in [-0.15, -0.1) is 0 Å². The van der Waals surface area contributed by atoms with Gasteiger partial charge in [-0.2, -0.15) is 0 Å². The van der Waals surface area contributed by atoms with E-state index in [1.54, 1.807) is 36.4 Å². The van der Waals surface area contributed by atoms with Crippen LogP contribution in [0.3, 0.4) is 0 Å². The number of benzene rings is 2. The topological polar surface area (TPSA) is 84.9 Å². The van der Waals surface area contributed by atoms with Crippen LogP contribution in [0.25, 0.3) is 6.08 Å². The van der Waals surface area contributed by atoms with E-state index in [1.165, 1.54) is 12.1 Å². The van der Waals surface area contributed by atoms with Crippen LogP contribution in [0.4, 0.5) is 10.5 Å². The van der Waals surface area contributed by atoms with Crippen molar-refractivity contribution in [3.8, 4) is 11.5 Å². The summed E-state index contributed by atoms with van der Waals surface area (Å²) in [6.45, 7) is 6.17. The van der Waals surface area contributed by atoms with Crippen molar-refractivity contribution in [3.63, 3.8) is 0 Å². The number of carbonyl (C=O) groups excluding carboxylic acids is 3. The number of nitrogens with one attached hydrogen (secondary N) is 1. The van der Waals surface area contributed by atoms with Crippen LogP contribution >= 0.6 is 34.2 Å². The van der Waals surface area contributed by atoms with E-state index in [2.05, 4.69) is 34.5 Å². The van der Waals surface area contributed by atoms with Crippen LogP contribution < -0.4 is 19.7 Å². The van der Waals surface area contributed by atoms with Gasteiger partial charge < -0.3 is 9.47 Å². The first kappa shape index (κ1) is 22.8. The minimum atomic E-state index is -0.863. The molecule has 0 bridgehead atoms. The molecular weight excluding hydrogens is 535 g/mol. The molecule has 1 fully saturated rings. The third-order valence-corrected chi connectivity index (χ3v) is 5.30. The lowest BCUT2D eigenvalue weighted by Crippen LogP contribution is -2.54. The van der Waals surface area contributed by atoms with Gasteiger partial charge in [0.15, 0.2) is 11.5 Å². The van der Waals surface area contributed by atoms with Crippen molar-refractivity contribution >= 4 is 63.8 Å². The standard InChI is InChI=1S/C22H18ClIN2O5/c1-3-9-31-19-16(24)11-13(12-18(19)30-4-2)10-14-20(27)25-22(29)26(21(14)28)17-8-6-5-7-15(17)23/h3,5-8,10-12H,1,4,9H2,2H3,(H,25,27,29)/b14-10+. The van der Waals surface area contributed by atoms with E-state index in [9.17, 15) is 14.4 Å². The summed E-state index contributed by atoms with van der Waals surface area (Å²) < 4.78 is 12.1. The summed E-state index contributed by atoms with van der Waals surface area (Å²) in [4.78, 5) is 38.7. The minimum absolute atomic E-state index is 0.183. The third-order valence-electron chi connectivity index (χ3n) is 4.18. The van der Waals surface area contributed by atoms with Crippen LogP contribution in [0, 0.1) is 3.57 Å². The fraction of sp³-hybridized carbons (Fsp3) is 0.136. The van der Waals surface area contributed by atoms with E-state index in [0.717, 1.165) is 8.47 Å². The Hall–Kier alpha value is -2.85. The molecule has 0 atom stereocenters. The number of amides is 4. The maximum atomic E-state index is 13.1. The summed E-state index contributed by atoms with van der Waals surface area (Å²) in [6, 6.07) is 8.93. The van der Waals surface area contributed by atoms with Crippen molar-refractivity contribution in [2.24, 2.45) is 0 Å². The van der Waals surface area contributed by atoms with Crippen LogP contribution in [-0.2, 0) is 9.59 Å². The average Bonchev–Trinajstić information content (AvgIpc) is 2.72. The summed E-state index contributed by atoms with van der Waals surface area (Å²) in [5.41, 5.74) is 0.506. The van der Waals surface area contributed by atoms with Gasteiger partial charge in [0.1, 0.15) is 12.2 Å². The number of nitrogens with zero attached hydrogens (tertiary/aromatic N) is 1. The predicted molar refractivity (Wildman–Crippen MR) is 126 cm³/mol. The zero-order chi connectivity index (χ0) is 22.5. The minimum Gasteiger partial charge on any atom is -0.490 e. The Morgan fingerprint density at radius 3 is 2.61 bits per heavy atom. The molecule has 0 aliphatic carbocycles. The number of hydrogen-bond acceptors (Lipinski definition) is 5. The third kappa shape index (κ3) is 4.91. The van der Waals surface area contributed by atoms with Crippen molar-refractivity contribution in [1.29, 1.82) is 0 Å². The van der Waals surface area contributed by atoms with Crippen molar-refractivity contribution in [2.75, 3.05) is 18.1 Å². The Labute approximate surface area is 197 Å². The zero-order valence-corrected chi connectivity index (χ0v) is 19.4. The molecule has 2 aromatic rings. The molecule has 1 heterocycles. The molecule has 1 saturated heterocycles. The molecule has 160 valence electrons. The summed E-state index contributed by atoms with van der Waals surface area (Å²) >= 11 is 8.23. The summed E-state index contributed by atoms with van der Waals surface area (Å²) in [7, 11) is 0. The van der Waals surface area contributed by atoms with Crippen molar-refractivity contribution in [3.05, 3.63) is 68.8 Å². The second-order valence-electron chi connectivity index (χ2n) is 6.27. The molecule has 1 N–H and O–H groups in total. The monoisotopic (exact) mass is 552 g/mol. The summed E-state index contributed by atoms with van der Waals surface area (Å²) in [5.74, 6) is -0.567. The van der Waals surface area contributed by atoms with Gasteiger partial charge in [0.05, 0.1) is 20.9 Å². The SMILES string of the molecule is C=CCOc1c(I)cc(/C=C2\C(=O)NC(=O)N(c3ccccc3Cl)C2=O)cc1OCC. The number of carbonyl (C=O) groups is 3. The van der Waals surface area contributed by atoms with Gasteiger partial charge in [0.2, 0.25) is 0 Å². The normalized spacial score (nSPS) is 15.1. The fourth-order valence-electron chi connectivity index (χ4n) is 2.89. The Morgan fingerprint density at radius 1 is 1.19 bits per heavy atom. The molecule has 3 rings (SSSR count). The molecule has 0 unspecified atom stereocenters. The molecule has 0 aromatic heterocycles. The second kappa shape index (κ2) is 9.97. The number of ether oxygens (including phenoxy) is 2. The molecule has 0 radical (unpaired) electrons. The van der Waals surface area contributed by atoms with Crippen LogP contribution in [0.1, 0.15) is 12.5 Å². The maximum Gasteiger partial charge on any atom is 0.335 e. The average molecular weight is 553 g/mol. The molecule has 1 aliphatic rings. The molecule has 4 amide bonds. The van der Waals surface area contributed by atoms with E-state index in [1.807, 2.05) is 6.92 Å². The van der Waals surface area contributed by atoms with Crippen LogP contribution in [0.15, 0.2) is 54.6 Å². The summed E-state index contributed by atoms with van der Waals surface area (Å²) in [5, 5.41) is 2.39. The molecule has 0 saturated carbocycles. The Morgan fingerprint density at radius 2 is 1.94 bits per heavy atom. The molecule has 1 aliphatic heterocycles. The van der Waals surface area contributed by atoms with Crippen LogP contribution in [0.5, 0.6) is 11.5 Å². The van der Waals surface area contributed by atoms with Gasteiger partial charge in [0, 0.05) is 0 Å². The highest BCUT2D eigenvalue weighted by Crippen LogP contribution is 2.35. The number of imide groups is 2. The van der Waals surface area contributed by atoms with E-state index in [0.29, 0.717) is 30.3 Å². The Bertz CT molecular complexity index is 1100. The largest absolute Gasteiger partial charge is 0.490 e. The molecule has 0 spiro atoms. The lowest BCUT2D eigenvalue weighted by Gasteiger charge is -2.27. The molecule has 31 heavy (non-hydrogen) atoms. The number of rotatable bonds is 7.